The molecule has 1 N–H and O–H groups in total. The highest BCUT2D eigenvalue weighted by atomic mass is 16.2. The fourth-order valence-corrected chi connectivity index (χ4v) is 2.88. The smallest absolute Gasteiger partial charge is 0.244 e. The normalized spacial score (nSPS) is 14.3. The Bertz CT molecular complexity index is 700. The zero-order valence-electron chi connectivity index (χ0n) is 14.7. The van der Waals surface area contributed by atoms with E-state index < -0.39 is 0 Å². The number of carbonyl (C=O) groups excluding carboxylic acids is 1. The molecular formula is C16H24N8O. The molecule has 2 aromatic heterocycles. The van der Waals surface area contributed by atoms with Crippen LogP contribution in [0.25, 0.3) is 0 Å². The SMILES string of the molecule is CN(C)CCNc1ncnc2c1CCN(C(=O)Cn1cncn1)CC2. The molecular weight excluding hydrogens is 320 g/mol. The van der Waals surface area contributed by atoms with Gasteiger partial charge in [0.2, 0.25) is 5.91 Å². The summed E-state index contributed by atoms with van der Waals surface area (Å²) in [4.78, 5) is 29.2. The molecule has 1 aliphatic rings. The lowest BCUT2D eigenvalue weighted by molar-refractivity contribution is -0.131. The molecule has 0 aliphatic carbocycles. The molecule has 0 unspecified atom stereocenters. The summed E-state index contributed by atoms with van der Waals surface area (Å²) in [5, 5.41) is 7.39. The first kappa shape index (κ1) is 17.3. The Balaban J connectivity index is 1.64. The quantitative estimate of drug-likeness (QED) is 0.767. The number of nitrogens with one attached hydrogen (secondary N) is 1. The fourth-order valence-electron chi connectivity index (χ4n) is 2.88. The van der Waals surface area contributed by atoms with Crippen molar-refractivity contribution in [1.82, 2.24) is 34.5 Å². The Labute approximate surface area is 147 Å². The Morgan fingerprint density at radius 1 is 1.24 bits per heavy atom. The molecule has 0 radical (unpaired) electrons. The number of amides is 1. The van der Waals surface area contributed by atoms with E-state index in [1.807, 2.05) is 19.0 Å². The second-order valence-corrected chi connectivity index (χ2v) is 6.35. The standard InChI is InChI=1S/C16H24N8O/c1-22(2)8-5-18-16-13-3-6-23(7-4-14(13)19-11-20-16)15(25)9-24-12-17-10-21-24/h10-12H,3-9H2,1-2H3,(H,18,19,20). The molecule has 9 nitrogen and oxygen atoms in total. The molecule has 9 heteroatoms. The molecule has 3 rings (SSSR count). The monoisotopic (exact) mass is 344 g/mol. The van der Waals surface area contributed by atoms with Gasteiger partial charge in [-0.25, -0.2) is 19.6 Å². The minimum atomic E-state index is 0.0494. The molecule has 0 atom stereocenters. The Morgan fingerprint density at radius 3 is 2.84 bits per heavy atom. The summed E-state index contributed by atoms with van der Waals surface area (Å²) in [7, 11) is 4.08. The van der Waals surface area contributed by atoms with Gasteiger partial charge in [-0.15, -0.1) is 0 Å². The minimum Gasteiger partial charge on any atom is -0.368 e. The molecule has 1 aliphatic heterocycles. The maximum Gasteiger partial charge on any atom is 0.244 e. The maximum absolute atomic E-state index is 12.5. The first-order chi connectivity index (χ1) is 12.1. The molecule has 25 heavy (non-hydrogen) atoms. The van der Waals surface area contributed by atoms with Crippen LogP contribution in [0, 0.1) is 0 Å². The van der Waals surface area contributed by atoms with E-state index in [9.17, 15) is 4.79 Å². The molecule has 2 aromatic rings. The highest BCUT2D eigenvalue weighted by Gasteiger charge is 2.22. The second kappa shape index (κ2) is 8.02. The summed E-state index contributed by atoms with van der Waals surface area (Å²) < 4.78 is 1.55. The van der Waals surface area contributed by atoms with E-state index in [1.54, 1.807) is 17.3 Å². The van der Waals surface area contributed by atoms with E-state index in [1.165, 1.54) is 6.33 Å². The van der Waals surface area contributed by atoms with Crippen molar-refractivity contribution in [1.29, 1.82) is 0 Å². The zero-order valence-corrected chi connectivity index (χ0v) is 14.7. The van der Waals surface area contributed by atoms with E-state index in [4.69, 9.17) is 0 Å². The highest BCUT2D eigenvalue weighted by molar-refractivity contribution is 5.76. The van der Waals surface area contributed by atoms with Crippen LogP contribution in [0.15, 0.2) is 19.0 Å². The van der Waals surface area contributed by atoms with Crippen molar-refractivity contribution in [2.45, 2.75) is 19.4 Å². The lowest BCUT2D eigenvalue weighted by Crippen LogP contribution is -2.36. The zero-order chi connectivity index (χ0) is 17.6. The van der Waals surface area contributed by atoms with E-state index >= 15 is 0 Å². The number of likely N-dealkylation sites (N-methyl/N-ethyl adjacent to an activating group) is 1. The summed E-state index contributed by atoms with van der Waals surface area (Å²) in [5.41, 5.74) is 2.15. The van der Waals surface area contributed by atoms with Gasteiger partial charge < -0.3 is 15.1 Å². The number of aromatic nitrogens is 5. The summed E-state index contributed by atoms with van der Waals surface area (Å²) in [6.45, 7) is 3.30. The third-order valence-corrected chi connectivity index (χ3v) is 4.25. The largest absolute Gasteiger partial charge is 0.368 e. The van der Waals surface area contributed by atoms with E-state index in [2.05, 4.69) is 30.3 Å². The Hall–Kier alpha value is -2.55. The highest BCUT2D eigenvalue weighted by Crippen LogP contribution is 2.20. The molecule has 0 saturated heterocycles. The van der Waals surface area contributed by atoms with Gasteiger partial charge in [0.1, 0.15) is 31.3 Å². The van der Waals surface area contributed by atoms with Crippen LogP contribution < -0.4 is 5.32 Å². The first-order valence-corrected chi connectivity index (χ1v) is 8.45. The van der Waals surface area contributed by atoms with Crippen molar-refractivity contribution < 1.29 is 4.79 Å². The van der Waals surface area contributed by atoms with Gasteiger partial charge in [0.15, 0.2) is 0 Å². The summed E-state index contributed by atoms with van der Waals surface area (Å²) in [5.74, 6) is 0.936. The van der Waals surface area contributed by atoms with Gasteiger partial charge in [-0.1, -0.05) is 0 Å². The third-order valence-electron chi connectivity index (χ3n) is 4.25. The minimum absolute atomic E-state index is 0.0494. The first-order valence-electron chi connectivity index (χ1n) is 8.45. The number of anilines is 1. The fraction of sp³-hybridized carbons (Fsp3) is 0.562. The van der Waals surface area contributed by atoms with Crippen LogP contribution in [0.2, 0.25) is 0 Å². The van der Waals surface area contributed by atoms with E-state index in [0.29, 0.717) is 13.1 Å². The van der Waals surface area contributed by atoms with Crippen LogP contribution in [0.5, 0.6) is 0 Å². The maximum atomic E-state index is 12.5. The number of fused-ring (bicyclic) bond motifs is 1. The van der Waals surface area contributed by atoms with Gasteiger partial charge in [0.25, 0.3) is 0 Å². The van der Waals surface area contributed by atoms with E-state index in [-0.39, 0.29) is 12.5 Å². The van der Waals surface area contributed by atoms with Gasteiger partial charge in [-0.2, -0.15) is 5.10 Å². The van der Waals surface area contributed by atoms with Gasteiger partial charge in [-0.05, 0) is 20.5 Å². The number of hydrogen-bond donors (Lipinski definition) is 1. The van der Waals surface area contributed by atoms with Crippen LogP contribution in [-0.4, -0.2) is 80.7 Å². The lowest BCUT2D eigenvalue weighted by atomic mass is 10.1. The molecule has 3 heterocycles. The number of rotatable bonds is 6. The Kier molecular flexibility index (Phi) is 5.54. The van der Waals surface area contributed by atoms with Crippen molar-refractivity contribution in [2.75, 3.05) is 45.6 Å². The molecule has 0 spiro atoms. The Morgan fingerprint density at radius 2 is 2.08 bits per heavy atom. The van der Waals surface area contributed by atoms with Crippen molar-refractivity contribution in [2.24, 2.45) is 0 Å². The summed E-state index contributed by atoms with van der Waals surface area (Å²) in [6.07, 6.45) is 6.09. The molecule has 0 aromatic carbocycles. The summed E-state index contributed by atoms with van der Waals surface area (Å²) >= 11 is 0. The predicted molar refractivity (Wildman–Crippen MR) is 93.1 cm³/mol. The van der Waals surface area contributed by atoms with Gasteiger partial charge >= 0.3 is 0 Å². The van der Waals surface area contributed by atoms with Crippen LogP contribution in [0.3, 0.4) is 0 Å². The second-order valence-electron chi connectivity index (χ2n) is 6.35. The molecule has 134 valence electrons. The molecule has 0 bridgehead atoms. The number of nitrogens with zero attached hydrogens (tertiary/aromatic N) is 7. The van der Waals surface area contributed by atoms with Gasteiger partial charge in [0.05, 0.1) is 5.69 Å². The van der Waals surface area contributed by atoms with Crippen LogP contribution >= 0.6 is 0 Å². The van der Waals surface area contributed by atoms with Crippen LogP contribution in [-0.2, 0) is 24.2 Å². The number of carbonyl (C=O) groups is 1. The van der Waals surface area contributed by atoms with Crippen LogP contribution in [0.4, 0.5) is 5.82 Å². The average Bonchev–Trinajstić information content (AvgIpc) is 2.98. The number of hydrogen-bond acceptors (Lipinski definition) is 7. The lowest BCUT2D eigenvalue weighted by Gasteiger charge is -2.20. The molecule has 0 fully saturated rings. The van der Waals surface area contributed by atoms with Crippen LogP contribution in [0.1, 0.15) is 11.3 Å². The predicted octanol–water partition coefficient (Wildman–Crippen LogP) is -0.331. The molecule has 1 amide bonds. The molecule has 0 saturated carbocycles. The average molecular weight is 344 g/mol. The summed E-state index contributed by atoms with van der Waals surface area (Å²) in [6, 6.07) is 0. The van der Waals surface area contributed by atoms with Crippen molar-refractivity contribution in [3.8, 4) is 0 Å². The van der Waals surface area contributed by atoms with Crippen molar-refractivity contribution in [3.05, 3.63) is 30.2 Å². The van der Waals surface area contributed by atoms with Crippen molar-refractivity contribution >= 4 is 11.7 Å². The topological polar surface area (TPSA) is 92.1 Å². The van der Waals surface area contributed by atoms with E-state index in [0.717, 1.165) is 43.0 Å². The van der Waals surface area contributed by atoms with Gasteiger partial charge in [-0.3, -0.25) is 4.79 Å². The van der Waals surface area contributed by atoms with Gasteiger partial charge in [0, 0.05) is 38.2 Å². The third kappa shape index (κ3) is 4.50. The van der Waals surface area contributed by atoms with Crippen molar-refractivity contribution in [3.63, 3.8) is 0 Å².